The van der Waals surface area contributed by atoms with Crippen molar-refractivity contribution < 1.29 is 0 Å². The molecule has 0 radical (unpaired) electrons. The molecular formula is C10H17N3O2. The summed E-state index contributed by atoms with van der Waals surface area (Å²) < 4.78 is 1.49. The summed E-state index contributed by atoms with van der Waals surface area (Å²) in [5.41, 5.74) is 5.03. The minimum absolute atomic E-state index is 0.0199. The van der Waals surface area contributed by atoms with Crippen molar-refractivity contribution in [3.05, 3.63) is 32.6 Å². The number of aromatic nitrogens is 2. The molecule has 0 aromatic carbocycles. The van der Waals surface area contributed by atoms with Crippen LogP contribution in [0, 0.1) is 5.41 Å². The third-order valence-corrected chi connectivity index (χ3v) is 1.95. The number of nitrogens with two attached hydrogens (primary N) is 1. The highest BCUT2D eigenvalue weighted by molar-refractivity contribution is 5.03. The fourth-order valence-electron chi connectivity index (χ4n) is 1.33. The minimum Gasteiger partial charge on any atom is -0.326 e. The summed E-state index contributed by atoms with van der Waals surface area (Å²) >= 11 is 0. The molecule has 1 aromatic rings. The average Bonchev–Trinajstić information content (AvgIpc) is 2.07. The molecule has 1 aromatic heterocycles. The summed E-state index contributed by atoms with van der Waals surface area (Å²) in [5.74, 6) is 0. The van der Waals surface area contributed by atoms with Crippen LogP contribution >= 0.6 is 0 Å². The quantitative estimate of drug-likeness (QED) is 0.724. The van der Waals surface area contributed by atoms with Crippen molar-refractivity contribution in [3.8, 4) is 0 Å². The van der Waals surface area contributed by atoms with E-state index in [0.717, 1.165) is 0 Å². The van der Waals surface area contributed by atoms with Gasteiger partial charge in [0.2, 0.25) is 0 Å². The van der Waals surface area contributed by atoms with Gasteiger partial charge in [-0.05, 0) is 5.41 Å². The van der Waals surface area contributed by atoms with Gasteiger partial charge < -0.3 is 5.73 Å². The van der Waals surface area contributed by atoms with Crippen LogP contribution in [-0.4, -0.2) is 9.55 Å². The van der Waals surface area contributed by atoms with E-state index in [1.54, 1.807) is 0 Å². The van der Waals surface area contributed by atoms with Crippen LogP contribution in [0.3, 0.4) is 0 Å². The van der Waals surface area contributed by atoms with Gasteiger partial charge in [0.25, 0.3) is 5.56 Å². The third kappa shape index (κ3) is 3.06. The van der Waals surface area contributed by atoms with E-state index in [-0.39, 0.29) is 17.6 Å². The average molecular weight is 211 g/mol. The van der Waals surface area contributed by atoms with E-state index in [9.17, 15) is 9.59 Å². The summed E-state index contributed by atoms with van der Waals surface area (Å²) in [7, 11) is 0. The summed E-state index contributed by atoms with van der Waals surface area (Å²) in [6, 6.07) is 0. The van der Waals surface area contributed by atoms with Crippen molar-refractivity contribution in [2.75, 3.05) is 0 Å². The predicted octanol–water partition coefficient (Wildman–Crippen LogP) is 0.0414. The Kier molecular flexibility index (Phi) is 3.14. The Balaban J connectivity index is 3.20. The topological polar surface area (TPSA) is 80.9 Å². The maximum Gasteiger partial charge on any atom is 0.328 e. The maximum atomic E-state index is 11.5. The summed E-state index contributed by atoms with van der Waals surface area (Å²) in [6.45, 7) is 6.75. The highest BCUT2D eigenvalue weighted by atomic mass is 16.2. The smallest absolute Gasteiger partial charge is 0.326 e. The molecule has 84 valence electrons. The van der Waals surface area contributed by atoms with Crippen LogP contribution in [0.25, 0.3) is 0 Å². The van der Waals surface area contributed by atoms with Crippen molar-refractivity contribution in [3.63, 3.8) is 0 Å². The monoisotopic (exact) mass is 211 g/mol. The van der Waals surface area contributed by atoms with E-state index in [1.165, 1.54) is 10.8 Å². The molecule has 0 saturated heterocycles. The summed E-state index contributed by atoms with van der Waals surface area (Å²) in [5, 5.41) is 0. The van der Waals surface area contributed by atoms with Crippen LogP contribution in [0.15, 0.2) is 15.8 Å². The lowest BCUT2D eigenvalue weighted by Gasteiger charge is -2.19. The first kappa shape index (κ1) is 11.7. The zero-order valence-electron chi connectivity index (χ0n) is 9.33. The van der Waals surface area contributed by atoms with Crippen molar-refractivity contribution in [2.45, 2.75) is 33.9 Å². The van der Waals surface area contributed by atoms with Crippen molar-refractivity contribution in [1.82, 2.24) is 9.55 Å². The van der Waals surface area contributed by atoms with Crippen LogP contribution in [-0.2, 0) is 13.1 Å². The van der Waals surface area contributed by atoms with E-state index >= 15 is 0 Å². The third-order valence-electron chi connectivity index (χ3n) is 1.95. The Labute approximate surface area is 87.9 Å². The first-order chi connectivity index (χ1) is 6.83. The molecule has 0 fully saturated rings. The molecule has 5 heteroatoms. The molecular weight excluding hydrogens is 194 g/mol. The standard InChI is InChI=1S/C10H17N3O2/c1-10(2,3)6-13-5-7(4-11)8(14)12-9(13)15/h5H,4,6,11H2,1-3H3,(H,12,14,15). The lowest BCUT2D eigenvalue weighted by molar-refractivity contribution is 0.334. The zero-order valence-corrected chi connectivity index (χ0v) is 9.33. The van der Waals surface area contributed by atoms with Gasteiger partial charge in [-0.2, -0.15) is 0 Å². The molecule has 0 saturated carbocycles. The number of rotatable bonds is 2. The number of nitrogens with zero attached hydrogens (tertiary/aromatic N) is 1. The van der Waals surface area contributed by atoms with Gasteiger partial charge in [-0.15, -0.1) is 0 Å². The molecule has 1 heterocycles. The van der Waals surface area contributed by atoms with E-state index in [2.05, 4.69) is 4.98 Å². The molecule has 0 aliphatic carbocycles. The molecule has 0 atom stereocenters. The van der Waals surface area contributed by atoms with Gasteiger partial charge in [0, 0.05) is 24.8 Å². The Hall–Kier alpha value is -1.36. The van der Waals surface area contributed by atoms with Crippen molar-refractivity contribution in [1.29, 1.82) is 0 Å². The van der Waals surface area contributed by atoms with Crippen molar-refractivity contribution in [2.24, 2.45) is 11.1 Å². The Morgan fingerprint density at radius 2 is 2.00 bits per heavy atom. The molecule has 0 unspecified atom stereocenters. The van der Waals surface area contributed by atoms with Gasteiger partial charge in [-0.25, -0.2) is 4.79 Å². The van der Waals surface area contributed by atoms with E-state index in [4.69, 9.17) is 5.73 Å². The molecule has 0 spiro atoms. The number of hydrogen-bond donors (Lipinski definition) is 2. The van der Waals surface area contributed by atoms with Crippen LogP contribution in [0.5, 0.6) is 0 Å². The normalized spacial score (nSPS) is 11.7. The maximum absolute atomic E-state index is 11.5. The molecule has 1 rings (SSSR count). The molecule has 15 heavy (non-hydrogen) atoms. The van der Waals surface area contributed by atoms with Crippen LogP contribution in [0.2, 0.25) is 0 Å². The first-order valence-electron chi connectivity index (χ1n) is 4.86. The zero-order chi connectivity index (χ0) is 11.6. The number of aromatic amines is 1. The second kappa shape index (κ2) is 4.02. The second-order valence-electron chi connectivity index (χ2n) is 4.81. The van der Waals surface area contributed by atoms with Crippen LogP contribution in [0.4, 0.5) is 0 Å². The SMILES string of the molecule is CC(C)(C)Cn1cc(CN)c(=O)[nH]c1=O. The van der Waals surface area contributed by atoms with Gasteiger partial charge in [-0.3, -0.25) is 14.3 Å². The number of hydrogen-bond acceptors (Lipinski definition) is 3. The minimum atomic E-state index is -0.396. The molecule has 0 amide bonds. The van der Waals surface area contributed by atoms with Crippen LogP contribution < -0.4 is 17.0 Å². The van der Waals surface area contributed by atoms with Gasteiger partial charge in [0.1, 0.15) is 0 Å². The highest BCUT2D eigenvalue weighted by Crippen LogP contribution is 2.14. The summed E-state index contributed by atoms with van der Waals surface area (Å²) in [4.78, 5) is 24.9. The van der Waals surface area contributed by atoms with Crippen molar-refractivity contribution >= 4 is 0 Å². The fourth-order valence-corrected chi connectivity index (χ4v) is 1.33. The number of H-pyrrole nitrogens is 1. The molecule has 0 aliphatic heterocycles. The van der Waals surface area contributed by atoms with E-state index < -0.39 is 5.56 Å². The summed E-state index contributed by atoms with van der Waals surface area (Å²) in [6.07, 6.45) is 1.53. The molecule has 0 bridgehead atoms. The lowest BCUT2D eigenvalue weighted by atomic mass is 9.97. The van der Waals surface area contributed by atoms with Gasteiger partial charge in [0.05, 0.1) is 0 Å². The van der Waals surface area contributed by atoms with Gasteiger partial charge in [-0.1, -0.05) is 20.8 Å². The predicted molar refractivity (Wildman–Crippen MR) is 58.7 cm³/mol. The largest absolute Gasteiger partial charge is 0.328 e. The van der Waals surface area contributed by atoms with E-state index in [1.807, 2.05) is 20.8 Å². The fraction of sp³-hybridized carbons (Fsp3) is 0.600. The van der Waals surface area contributed by atoms with Crippen LogP contribution in [0.1, 0.15) is 26.3 Å². The Morgan fingerprint density at radius 3 is 2.47 bits per heavy atom. The molecule has 5 nitrogen and oxygen atoms in total. The van der Waals surface area contributed by atoms with Gasteiger partial charge in [0.15, 0.2) is 0 Å². The Morgan fingerprint density at radius 1 is 1.40 bits per heavy atom. The highest BCUT2D eigenvalue weighted by Gasteiger charge is 2.13. The van der Waals surface area contributed by atoms with E-state index in [0.29, 0.717) is 12.1 Å². The Bertz CT molecular complexity index is 451. The number of nitrogens with one attached hydrogen (secondary N) is 1. The molecule has 0 aliphatic rings. The van der Waals surface area contributed by atoms with Gasteiger partial charge >= 0.3 is 5.69 Å². The molecule has 3 N–H and O–H groups in total. The first-order valence-corrected chi connectivity index (χ1v) is 4.86. The lowest BCUT2D eigenvalue weighted by Crippen LogP contribution is -2.35. The second-order valence-corrected chi connectivity index (χ2v) is 4.81.